The molecule has 0 saturated carbocycles. The van der Waals surface area contributed by atoms with Gasteiger partial charge in [-0.25, -0.2) is 13.1 Å². The lowest BCUT2D eigenvalue weighted by Crippen LogP contribution is -2.32. The van der Waals surface area contributed by atoms with Crippen molar-refractivity contribution < 1.29 is 8.42 Å². The maximum Gasteiger partial charge on any atom is 0.240 e. The van der Waals surface area contributed by atoms with Crippen LogP contribution in [-0.4, -0.2) is 46.5 Å². The fraction of sp³-hybridized carbons (Fsp3) is 0.538. The van der Waals surface area contributed by atoms with Crippen LogP contribution in [0.1, 0.15) is 12.5 Å². The molecule has 0 aromatic heterocycles. The molecule has 0 fully saturated rings. The first-order valence-corrected chi connectivity index (χ1v) is 8.06. The molecule has 106 valence electrons. The van der Waals surface area contributed by atoms with Gasteiger partial charge in [-0.3, -0.25) is 0 Å². The first-order valence-electron chi connectivity index (χ1n) is 6.58. The molecule has 1 aliphatic heterocycles. The summed E-state index contributed by atoms with van der Waals surface area (Å²) in [5.41, 5.74) is 2.12. The highest BCUT2D eigenvalue weighted by Gasteiger charge is 2.17. The number of sulfonamides is 1. The zero-order chi connectivity index (χ0) is 13.9. The first-order chi connectivity index (χ1) is 9.03. The summed E-state index contributed by atoms with van der Waals surface area (Å²) >= 11 is 0. The van der Waals surface area contributed by atoms with Crippen LogP contribution in [0.2, 0.25) is 0 Å². The van der Waals surface area contributed by atoms with Gasteiger partial charge < -0.3 is 10.2 Å². The van der Waals surface area contributed by atoms with Gasteiger partial charge in [0.15, 0.2) is 0 Å². The Kier molecular flexibility index (Phi) is 4.44. The number of anilines is 1. The normalized spacial score (nSPS) is 14.5. The van der Waals surface area contributed by atoms with Crippen molar-refractivity contribution in [3.05, 3.63) is 23.8 Å². The number of nitrogens with zero attached hydrogens (tertiary/aromatic N) is 1. The Labute approximate surface area is 115 Å². The standard InChI is InChI=1S/C13H21N3O2S/c1-3-16(2)9-8-15-19(17,18)12-5-4-11-6-7-14-13(11)10-12/h4-5,10,14-15H,3,6-9H2,1-2H3. The molecule has 2 rings (SSSR count). The van der Waals surface area contributed by atoms with E-state index in [0.717, 1.165) is 25.2 Å². The Balaban J connectivity index is 2.03. The van der Waals surface area contributed by atoms with Crippen LogP contribution in [0, 0.1) is 0 Å². The fourth-order valence-electron chi connectivity index (χ4n) is 2.05. The molecule has 0 radical (unpaired) electrons. The van der Waals surface area contributed by atoms with Crippen LogP contribution in [0.15, 0.2) is 23.1 Å². The molecule has 0 aliphatic carbocycles. The maximum absolute atomic E-state index is 12.1. The Morgan fingerprint density at radius 2 is 2.21 bits per heavy atom. The molecule has 0 bridgehead atoms. The molecule has 0 spiro atoms. The SMILES string of the molecule is CCN(C)CCNS(=O)(=O)c1ccc2c(c1)NCC2. The lowest BCUT2D eigenvalue weighted by molar-refractivity contribution is 0.358. The third-order valence-electron chi connectivity index (χ3n) is 3.43. The van der Waals surface area contributed by atoms with Crippen molar-refractivity contribution in [1.82, 2.24) is 9.62 Å². The van der Waals surface area contributed by atoms with Crippen molar-refractivity contribution in [3.63, 3.8) is 0 Å². The molecule has 5 nitrogen and oxygen atoms in total. The van der Waals surface area contributed by atoms with E-state index in [1.165, 1.54) is 5.56 Å². The highest BCUT2D eigenvalue weighted by molar-refractivity contribution is 7.89. The second-order valence-corrected chi connectivity index (χ2v) is 6.56. The predicted octanol–water partition coefficient (Wildman–Crippen LogP) is 0.885. The molecule has 19 heavy (non-hydrogen) atoms. The van der Waals surface area contributed by atoms with Gasteiger partial charge >= 0.3 is 0 Å². The number of likely N-dealkylation sites (N-methyl/N-ethyl adjacent to an activating group) is 1. The molecule has 0 atom stereocenters. The van der Waals surface area contributed by atoms with E-state index in [1.54, 1.807) is 12.1 Å². The number of benzene rings is 1. The minimum absolute atomic E-state index is 0.333. The summed E-state index contributed by atoms with van der Waals surface area (Å²) in [6.45, 7) is 4.97. The van der Waals surface area contributed by atoms with Gasteiger partial charge in [0.05, 0.1) is 4.90 Å². The Hall–Kier alpha value is -1.11. The summed E-state index contributed by atoms with van der Waals surface area (Å²) in [5, 5.41) is 3.20. The topological polar surface area (TPSA) is 61.4 Å². The largest absolute Gasteiger partial charge is 0.384 e. The van der Waals surface area contributed by atoms with E-state index in [2.05, 4.69) is 14.9 Å². The van der Waals surface area contributed by atoms with Crippen molar-refractivity contribution in [1.29, 1.82) is 0 Å². The summed E-state index contributed by atoms with van der Waals surface area (Å²) < 4.78 is 26.9. The molecular formula is C13H21N3O2S. The predicted molar refractivity (Wildman–Crippen MR) is 77.0 cm³/mol. The van der Waals surface area contributed by atoms with Crippen molar-refractivity contribution in [2.75, 3.05) is 38.5 Å². The van der Waals surface area contributed by atoms with Gasteiger partial charge in [0.2, 0.25) is 10.0 Å². The monoisotopic (exact) mass is 283 g/mol. The van der Waals surface area contributed by atoms with Gasteiger partial charge in [0, 0.05) is 25.3 Å². The van der Waals surface area contributed by atoms with E-state index >= 15 is 0 Å². The Morgan fingerprint density at radius 1 is 1.42 bits per heavy atom. The number of nitrogens with one attached hydrogen (secondary N) is 2. The van der Waals surface area contributed by atoms with Crippen LogP contribution in [0.25, 0.3) is 0 Å². The number of hydrogen-bond donors (Lipinski definition) is 2. The summed E-state index contributed by atoms with van der Waals surface area (Å²) in [6, 6.07) is 5.29. The summed E-state index contributed by atoms with van der Waals surface area (Å²) in [5.74, 6) is 0. The summed E-state index contributed by atoms with van der Waals surface area (Å²) in [6.07, 6.45) is 0.963. The smallest absolute Gasteiger partial charge is 0.240 e. The van der Waals surface area contributed by atoms with Crippen LogP contribution >= 0.6 is 0 Å². The van der Waals surface area contributed by atoms with E-state index < -0.39 is 10.0 Å². The van der Waals surface area contributed by atoms with E-state index in [0.29, 0.717) is 18.0 Å². The number of hydrogen-bond acceptors (Lipinski definition) is 4. The van der Waals surface area contributed by atoms with Gasteiger partial charge in [0.25, 0.3) is 0 Å². The van der Waals surface area contributed by atoms with Crippen molar-refractivity contribution in [2.45, 2.75) is 18.2 Å². The third-order valence-corrected chi connectivity index (χ3v) is 4.89. The van der Waals surface area contributed by atoms with E-state index in [4.69, 9.17) is 0 Å². The van der Waals surface area contributed by atoms with Gasteiger partial charge in [-0.05, 0) is 37.7 Å². The molecule has 0 amide bonds. The molecular weight excluding hydrogens is 262 g/mol. The zero-order valence-electron chi connectivity index (χ0n) is 11.4. The molecule has 2 N–H and O–H groups in total. The van der Waals surface area contributed by atoms with Crippen molar-refractivity contribution in [3.8, 4) is 0 Å². The maximum atomic E-state index is 12.1. The number of fused-ring (bicyclic) bond motifs is 1. The highest BCUT2D eigenvalue weighted by atomic mass is 32.2. The molecule has 1 aromatic carbocycles. The lowest BCUT2D eigenvalue weighted by atomic mass is 10.2. The first kappa shape index (κ1) is 14.3. The van der Waals surface area contributed by atoms with Gasteiger partial charge in [0.1, 0.15) is 0 Å². The minimum Gasteiger partial charge on any atom is -0.384 e. The number of rotatable bonds is 6. The van der Waals surface area contributed by atoms with E-state index in [-0.39, 0.29) is 0 Å². The van der Waals surface area contributed by atoms with Crippen molar-refractivity contribution in [2.24, 2.45) is 0 Å². The molecule has 1 aromatic rings. The van der Waals surface area contributed by atoms with Gasteiger partial charge in [-0.1, -0.05) is 13.0 Å². The quantitative estimate of drug-likeness (QED) is 0.814. The molecule has 1 heterocycles. The van der Waals surface area contributed by atoms with Crippen LogP contribution < -0.4 is 10.0 Å². The third kappa shape index (κ3) is 3.46. The van der Waals surface area contributed by atoms with Crippen LogP contribution in [-0.2, 0) is 16.4 Å². The molecule has 0 unspecified atom stereocenters. The van der Waals surface area contributed by atoms with Crippen LogP contribution in [0.5, 0.6) is 0 Å². The van der Waals surface area contributed by atoms with Gasteiger partial charge in [-0.2, -0.15) is 0 Å². The second-order valence-electron chi connectivity index (χ2n) is 4.79. The Morgan fingerprint density at radius 3 is 2.95 bits per heavy atom. The van der Waals surface area contributed by atoms with Crippen molar-refractivity contribution >= 4 is 15.7 Å². The van der Waals surface area contributed by atoms with Gasteiger partial charge in [-0.15, -0.1) is 0 Å². The highest BCUT2D eigenvalue weighted by Crippen LogP contribution is 2.25. The minimum atomic E-state index is -3.40. The summed E-state index contributed by atoms with van der Waals surface area (Å²) in [7, 11) is -1.44. The Bertz CT molecular complexity index is 543. The molecule has 6 heteroatoms. The zero-order valence-corrected chi connectivity index (χ0v) is 12.3. The second kappa shape index (κ2) is 5.90. The molecule has 0 saturated heterocycles. The van der Waals surface area contributed by atoms with Crippen LogP contribution in [0.3, 0.4) is 0 Å². The van der Waals surface area contributed by atoms with E-state index in [1.807, 2.05) is 20.0 Å². The lowest BCUT2D eigenvalue weighted by Gasteiger charge is -2.14. The summed E-state index contributed by atoms with van der Waals surface area (Å²) in [4.78, 5) is 2.40. The van der Waals surface area contributed by atoms with Crippen LogP contribution in [0.4, 0.5) is 5.69 Å². The average molecular weight is 283 g/mol. The average Bonchev–Trinajstić information content (AvgIpc) is 2.85. The fourth-order valence-corrected chi connectivity index (χ4v) is 3.10. The molecule has 1 aliphatic rings. The van der Waals surface area contributed by atoms with E-state index in [9.17, 15) is 8.42 Å².